The van der Waals surface area contributed by atoms with Crippen molar-refractivity contribution in [3.05, 3.63) is 170 Å². The fourth-order valence-electron chi connectivity index (χ4n) is 7.92. The van der Waals surface area contributed by atoms with E-state index in [0.29, 0.717) is 0 Å². The highest BCUT2D eigenvalue weighted by Gasteiger charge is 2.21. The lowest BCUT2D eigenvalue weighted by atomic mass is 10.0. The zero-order chi connectivity index (χ0) is 32.8. The van der Waals surface area contributed by atoms with Crippen LogP contribution in [0.25, 0.3) is 82.1 Å². The number of furan rings is 2. The Morgan fingerprint density at radius 3 is 1.40 bits per heavy atom. The summed E-state index contributed by atoms with van der Waals surface area (Å²) in [6.45, 7) is 0. The van der Waals surface area contributed by atoms with Crippen LogP contribution in [0.15, 0.2) is 179 Å². The van der Waals surface area contributed by atoms with Gasteiger partial charge in [0.05, 0.1) is 16.7 Å². The van der Waals surface area contributed by atoms with Gasteiger partial charge in [0.25, 0.3) is 0 Å². The van der Waals surface area contributed by atoms with Gasteiger partial charge in [0.1, 0.15) is 22.3 Å². The summed E-state index contributed by atoms with van der Waals surface area (Å²) in [6.07, 6.45) is 0. The van der Waals surface area contributed by atoms with Gasteiger partial charge < -0.3 is 18.3 Å². The molecule has 0 saturated carbocycles. The molecule has 0 bridgehead atoms. The van der Waals surface area contributed by atoms with Crippen molar-refractivity contribution in [3.63, 3.8) is 0 Å². The predicted octanol–water partition coefficient (Wildman–Crippen LogP) is 13.2. The van der Waals surface area contributed by atoms with Gasteiger partial charge in [-0.2, -0.15) is 0 Å². The molecule has 0 aliphatic rings. The van der Waals surface area contributed by atoms with Gasteiger partial charge in [-0.25, -0.2) is 0 Å². The van der Waals surface area contributed by atoms with Gasteiger partial charge in [0.15, 0.2) is 0 Å². The second kappa shape index (κ2) is 10.4. The number of para-hydroxylation sites is 4. The Kier molecular flexibility index (Phi) is 5.63. The van der Waals surface area contributed by atoms with Crippen LogP contribution < -0.4 is 4.90 Å². The Balaban J connectivity index is 1.24. The van der Waals surface area contributed by atoms with E-state index < -0.39 is 0 Å². The molecule has 4 nitrogen and oxygen atoms in total. The number of anilines is 3. The molecule has 0 atom stereocenters. The quantitative estimate of drug-likeness (QED) is 0.192. The maximum absolute atomic E-state index is 6.28. The van der Waals surface area contributed by atoms with Crippen LogP contribution in [0.1, 0.15) is 0 Å². The van der Waals surface area contributed by atoms with E-state index in [-0.39, 0.29) is 0 Å². The van der Waals surface area contributed by atoms with Crippen molar-refractivity contribution in [3.8, 4) is 5.69 Å². The van der Waals surface area contributed by atoms with Crippen LogP contribution in [0.3, 0.4) is 0 Å². The van der Waals surface area contributed by atoms with Crippen molar-refractivity contribution in [2.45, 2.75) is 0 Å². The molecule has 0 N–H and O–H groups in total. The van der Waals surface area contributed by atoms with Gasteiger partial charge in [-0.1, -0.05) is 97.1 Å². The van der Waals surface area contributed by atoms with E-state index in [0.717, 1.165) is 77.4 Å². The van der Waals surface area contributed by atoms with Gasteiger partial charge >= 0.3 is 0 Å². The summed E-state index contributed by atoms with van der Waals surface area (Å²) in [6, 6.07) is 60.3. The highest BCUT2D eigenvalue weighted by molar-refractivity contribution is 6.12. The molecule has 0 amide bonds. The Labute approximate surface area is 286 Å². The first-order valence-corrected chi connectivity index (χ1v) is 16.9. The zero-order valence-electron chi connectivity index (χ0n) is 26.9. The number of fused-ring (bicyclic) bond motifs is 10. The van der Waals surface area contributed by atoms with Crippen molar-refractivity contribution in [1.29, 1.82) is 0 Å². The highest BCUT2D eigenvalue weighted by atomic mass is 16.3. The largest absolute Gasteiger partial charge is 0.456 e. The summed E-state index contributed by atoms with van der Waals surface area (Å²) in [5.74, 6) is 0. The molecule has 0 saturated heterocycles. The second-order valence-corrected chi connectivity index (χ2v) is 12.9. The Hall–Kier alpha value is -6.78. The van der Waals surface area contributed by atoms with Crippen molar-refractivity contribution < 1.29 is 8.83 Å². The minimum absolute atomic E-state index is 0.870. The lowest BCUT2D eigenvalue weighted by Gasteiger charge is -2.28. The number of rotatable bonds is 4. The SMILES string of the molecule is c1ccc2c(N(c3ccc4oc5ccccc5c4c3)c3ccc4oc5ccccc5c4c3)cc(-n3c4ccccc4c4ccccc43)cc2c1. The molecular weight excluding hydrogens is 613 g/mol. The van der Waals surface area contributed by atoms with Crippen LogP contribution in [0.5, 0.6) is 0 Å². The maximum atomic E-state index is 6.28. The number of nitrogens with zero attached hydrogens (tertiary/aromatic N) is 2. The third-order valence-electron chi connectivity index (χ3n) is 10.1. The smallest absolute Gasteiger partial charge is 0.135 e. The average molecular weight is 641 g/mol. The molecule has 0 radical (unpaired) electrons. The fourth-order valence-corrected chi connectivity index (χ4v) is 7.92. The van der Waals surface area contributed by atoms with Crippen molar-refractivity contribution in [2.75, 3.05) is 4.90 Å². The molecule has 0 spiro atoms. The zero-order valence-corrected chi connectivity index (χ0v) is 26.9. The van der Waals surface area contributed by atoms with E-state index >= 15 is 0 Å². The molecule has 11 aromatic rings. The topological polar surface area (TPSA) is 34.5 Å². The van der Waals surface area contributed by atoms with Gasteiger partial charge in [0, 0.05) is 54.8 Å². The first-order valence-electron chi connectivity index (χ1n) is 16.9. The van der Waals surface area contributed by atoms with Gasteiger partial charge in [0.2, 0.25) is 0 Å². The van der Waals surface area contributed by atoms with E-state index in [1.807, 2.05) is 24.3 Å². The molecule has 50 heavy (non-hydrogen) atoms. The Bertz CT molecular complexity index is 2960. The van der Waals surface area contributed by atoms with Crippen LogP contribution in [0.2, 0.25) is 0 Å². The summed E-state index contributed by atoms with van der Waals surface area (Å²) in [7, 11) is 0. The fraction of sp³-hybridized carbons (Fsp3) is 0. The van der Waals surface area contributed by atoms with Crippen LogP contribution in [-0.2, 0) is 0 Å². The lowest BCUT2D eigenvalue weighted by Crippen LogP contribution is -2.11. The van der Waals surface area contributed by atoms with E-state index in [2.05, 4.69) is 155 Å². The van der Waals surface area contributed by atoms with E-state index in [1.54, 1.807) is 0 Å². The number of aromatic nitrogens is 1. The molecule has 0 fully saturated rings. The monoisotopic (exact) mass is 640 g/mol. The molecule has 3 heterocycles. The van der Waals surface area contributed by atoms with Gasteiger partial charge in [-0.15, -0.1) is 0 Å². The second-order valence-electron chi connectivity index (χ2n) is 12.9. The van der Waals surface area contributed by atoms with Crippen LogP contribution in [0.4, 0.5) is 17.1 Å². The van der Waals surface area contributed by atoms with Gasteiger partial charge in [-0.3, -0.25) is 0 Å². The molecule has 8 aromatic carbocycles. The molecule has 0 aliphatic heterocycles. The predicted molar refractivity (Wildman–Crippen MR) is 208 cm³/mol. The Morgan fingerprint density at radius 2 is 0.820 bits per heavy atom. The number of benzene rings is 8. The highest BCUT2D eigenvalue weighted by Crippen LogP contribution is 2.45. The maximum Gasteiger partial charge on any atom is 0.135 e. The van der Waals surface area contributed by atoms with Crippen molar-refractivity contribution in [2.24, 2.45) is 0 Å². The lowest BCUT2D eigenvalue weighted by molar-refractivity contribution is 0.668. The average Bonchev–Trinajstić information content (AvgIpc) is 3.84. The molecule has 0 aliphatic carbocycles. The molecule has 0 unspecified atom stereocenters. The van der Waals surface area contributed by atoms with Crippen LogP contribution in [0, 0.1) is 0 Å². The summed E-state index contributed by atoms with van der Waals surface area (Å²) in [4.78, 5) is 2.39. The summed E-state index contributed by atoms with van der Waals surface area (Å²) < 4.78 is 15.0. The normalized spacial score (nSPS) is 12.0. The molecular formula is C46H28N2O2. The molecule has 11 rings (SSSR count). The molecule has 3 aromatic heterocycles. The van der Waals surface area contributed by atoms with Gasteiger partial charge in [-0.05, 0) is 78.2 Å². The summed E-state index contributed by atoms with van der Waals surface area (Å²) in [5, 5.41) is 9.17. The molecule has 234 valence electrons. The summed E-state index contributed by atoms with van der Waals surface area (Å²) in [5.41, 5.74) is 10.1. The van der Waals surface area contributed by atoms with Crippen molar-refractivity contribution >= 4 is 93.5 Å². The Morgan fingerprint density at radius 1 is 0.360 bits per heavy atom. The van der Waals surface area contributed by atoms with E-state index in [4.69, 9.17) is 8.83 Å². The van der Waals surface area contributed by atoms with E-state index in [1.165, 1.54) is 21.8 Å². The third-order valence-corrected chi connectivity index (χ3v) is 10.1. The standard InChI is InChI=1S/C46H28N2O2/c1-2-12-33-29(11-1)25-32(48-40-17-7-3-13-34(40)35-14-4-8-18-41(35)48)28-42(33)47(30-21-23-45-38(26-30)36-15-5-9-19-43(36)49-45)31-22-24-46-39(27-31)37-16-6-10-20-44(37)50-46/h1-28H. The molecule has 4 heteroatoms. The summed E-state index contributed by atoms with van der Waals surface area (Å²) >= 11 is 0. The minimum atomic E-state index is 0.870. The van der Waals surface area contributed by atoms with Crippen LogP contribution in [-0.4, -0.2) is 4.57 Å². The van der Waals surface area contributed by atoms with Crippen LogP contribution >= 0.6 is 0 Å². The van der Waals surface area contributed by atoms with E-state index in [9.17, 15) is 0 Å². The number of hydrogen-bond donors (Lipinski definition) is 0. The third kappa shape index (κ3) is 3.93. The number of hydrogen-bond acceptors (Lipinski definition) is 3. The van der Waals surface area contributed by atoms with Crippen molar-refractivity contribution in [1.82, 2.24) is 4.57 Å². The minimum Gasteiger partial charge on any atom is -0.456 e. The first kappa shape index (κ1) is 27.2. The first-order chi connectivity index (χ1) is 24.8.